The second-order valence-corrected chi connectivity index (χ2v) is 5.71. The van der Waals surface area contributed by atoms with Gasteiger partial charge in [-0.15, -0.1) is 0 Å². The molecule has 0 aliphatic carbocycles. The maximum atomic E-state index is 5.75. The lowest BCUT2D eigenvalue weighted by Crippen LogP contribution is -2.22. The Balaban J connectivity index is 3.70. The average Bonchev–Trinajstić information content (AvgIpc) is 2.57. The maximum absolute atomic E-state index is 5.75. The van der Waals surface area contributed by atoms with Crippen LogP contribution in [0.4, 0.5) is 0 Å². The molecule has 6 nitrogen and oxygen atoms in total. The third kappa shape index (κ3) is 18.4. The molecule has 0 fully saturated rings. The summed E-state index contributed by atoms with van der Waals surface area (Å²) in [6, 6.07) is 0. The Kier molecular flexibility index (Phi) is 20.5. The van der Waals surface area contributed by atoms with Gasteiger partial charge in [-0.1, -0.05) is 22.4 Å². The summed E-state index contributed by atoms with van der Waals surface area (Å²) in [4.78, 5) is 0. The summed E-state index contributed by atoms with van der Waals surface area (Å²) in [7, 11) is 3.32. The van der Waals surface area contributed by atoms with Gasteiger partial charge in [-0.25, -0.2) is 0 Å². The third-order valence-electron chi connectivity index (χ3n) is 3.00. The molecule has 0 unspecified atom stereocenters. The van der Waals surface area contributed by atoms with Crippen LogP contribution >= 0.6 is 15.9 Å². The molecule has 7 heteroatoms. The molecule has 0 radical (unpaired) electrons. The minimum absolute atomic E-state index is 0.192. The fourth-order valence-corrected chi connectivity index (χ4v) is 2.16. The SMILES string of the molecule is COCCOCCOC(CCCCCBr)OCCOCCOC. The van der Waals surface area contributed by atoms with E-state index in [1.54, 1.807) is 14.2 Å². The first-order valence-electron chi connectivity index (χ1n) is 8.27. The van der Waals surface area contributed by atoms with Gasteiger partial charge in [0.05, 0.1) is 52.9 Å². The van der Waals surface area contributed by atoms with Crippen molar-refractivity contribution in [1.82, 2.24) is 0 Å². The zero-order valence-corrected chi connectivity index (χ0v) is 16.2. The predicted molar refractivity (Wildman–Crippen MR) is 93.3 cm³/mol. The molecule has 0 saturated heterocycles. The molecule has 0 aromatic rings. The van der Waals surface area contributed by atoms with E-state index in [0.717, 1.165) is 18.2 Å². The van der Waals surface area contributed by atoms with Crippen LogP contribution in [0, 0.1) is 0 Å². The van der Waals surface area contributed by atoms with E-state index in [-0.39, 0.29) is 6.29 Å². The summed E-state index contributed by atoms with van der Waals surface area (Å²) < 4.78 is 32.1. The molecule has 23 heavy (non-hydrogen) atoms. The second kappa shape index (κ2) is 20.3. The number of halogens is 1. The summed E-state index contributed by atoms with van der Waals surface area (Å²) >= 11 is 3.44. The molecule has 0 aromatic carbocycles. The minimum Gasteiger partial charge on any atom is -0.382 e. The molecule has 0 aliphatic rings. The number of ether oxygens (including phenoxy) is 6. The molecule has 0 N–H and O–H groups in total. The van der Waals surface area contributed by atoms with Gasteiger partial charge in [0.1, 0.15) is 0 Å². The van der Waals surface area contributed by atoms with Crippen molar-refractivity contribution >= 4 is 15.9 Å². The fourth-order valence-electron chi connectivity index (χ4n) is 1.76. The zero-order chi connectivity index (χ0) is 17.0. The molecular formula is C16H33BrO6. The zero-order valence-electron chi connectivity index (χ0n) is 14.6. The van der Waals surface area contributed by atoms with Gasteiger partial charge in [0.2, 0.25) is 0 Å². The van der Waals surface area contributed by atoms with Crippen molar-refractivity contribution in [2.75, 3.05) is 72.4 Å². The lowest BCUT2D eigenvalue weighted by molar-refractivity contribution is -0.162. The number of hydrogen-bond donors (Lipinski definition) is 0. The number of hydrogen-bond acceptors (Lipinski definition) is 6. The lowest BCUT2D eigenvalue weighted by atomic mass is 10.2. The van der Waals surface area contributed by atoms with Gasteiger partial charge in [-0.3, -0.25) is 0 Å². The van der Waals surface area contributed by atoms with E-state index in [2.05, 4.69) is 15.9 Å². The van der Waals surface area contributed by atoms with E-state index in [0.29, 0.717) is 52.9 Å². The summed E-state index contributed by atoms with van der Waals surface area (Å²) in [5, 5.41) is 1.04. The molecule has 0 saturated carbocycles. The predicted octanol–water partition coefficient (Wildman–Crippen LogP) is 2.63. The van der Waals surface area contributed by atoms with Gasteiger partial charge in [0.15, 0.2) is 6.29 Å². The smallest absolute Gasteiger partial charge is 0.157 e. The molecule has 0 heterocycles. The molecule has 0 aliphatic heterocycles. The Morgan fingerprint density at radius 2 is 1.17 bits per heavy atom. The standard InChI is InChI=1S/C16H33BrO6/c1-18-8-10-20-12-14-22-16(6-4-3-5-7-17)23-15-13-21-11-9-19-2/h16H,3-15H2,1-2H3. The number of rotatable bonds is 19. The molecular weight excluding hydrogens is 368 g/mol. The Hall–Kier alpha value is 0.240. The van der Waals surface area contributed by atoms with Gasteiger partial charge in [0, 0.05) is 19.5 Å². The van der Waals surface area contributed by atoms with Crippen LogP contribution in [0.25, 0.3) is 0 Å². The van der Waals surface area contributed by atoms with Crippen LogP contribution in [0.15, 0.2) is 0 Å². The number of methoxy groups -OCH3 is 2. The first-order chi connectivity index (χ1) is 11.3. The molecule has 0 bridgehead atoms. The Morgan fingerprint density at radius 3 is 1.65 bits per heavy atom. The fraction of sp³-hybridized carbons (Fsp3) is 1.00. The van der Waals surface area contributed by atoms with Crippen molar-refractivity contribution in [3.8, 4) is 0 Å². The van der Waals surface area contributed by atoms with Crippen molar-refractivity contribution in [2.24, 2.45) is 0 Å². The van der Waals surface area contributed by atoms with Gasteiger partial charge < -0.3 is 28.4 Å². The number of unbranched alkanes of at least 4 members (excludes halogenated alkanes) is 2. The van der Waals surface area contributed by atoms with Crippen LogP contribution in [0.2, 0.25) is 0 Å². The minimum atomic E-state index is -0.192. The highest BCUT2D eigenvalue weighted by atomic mass is 79.9. The van der Waals surface area contributed by atoms with Crippen LogP contribution in [0.3, 0.4) is 0 Å². The highest BCUT2D eigenvalue weighted by molar-refractivity contribution is 9.09. The summed E-state index contributed by atoms with van der Waals surface area (Å²) in [6.07, 6.45) is 4.13. The van der Waals surface area contributed by atoms with Crippen LogP contribution in [0.1, 0.15) is 25.7 Å². The summed E-state index contributed by atoms with van der Waals surface area (Å²) in [6.45, 7) is 4.53. The lowest BCUT2D eigenvalue weighted by Gasteiger charge is -2.19. The molecule has 140 valence electrons. The Bertz CT molecular complexity index is 205. The topological polar surface area (TPSA) is 55.4 Å². The van der Waals surface area contributed by atoms with Gasteiger partial charge in [-0.2, -0.15) is 0 Å². The van der Waals surface area contributed by atoms with Crippen LogP contribution < -0.4 is 0 Å². The van der Waals surface area contributed by atoms with Crippen molar-refractivity contribution < 1.29 is 28.4 Å². The second-order valence-electron chi connectivity index (χ2n) is 4.92. The monoisotopic (exact) mass is 400 g/mol. The average molecular weight is 401 g/mol. The van der Waals surface area contributed by atoms with E-state index in [4.69, 9.17) is 28.4 Å². The van der Waals surface area contributed by atoms with Crippen LogP contribution in [-0.2, 0) is 28.4 Å². The first kappa shape index (κ1) is 23.2. The molecule has 0 aromatic heterocycles. The van der Waals surface area contributed by atoms with E-state index in [1.807, 2.05) is 0 Å². The molecule has 0 spiro atoms. The van der Waals surface area contributed by atoms with Gasteiger partial charge in [-0.05, 0) is 19.3 Å². The molecule has 0 atom stereocenters. The van der Waals surface area contributed by atoms with Crippen molar-refractivity contribution in [2.45, 2.75) is 32.0 Å². The van der Waals surface area contributed by atoms with Crippen LogP contribution in [0.5, 0.6) is 0 Å². The highest BCUT2D eigenvalue weighted by Gasteiger charge is 2.09. The summed E-state index contributed by atoms with van der Waals surface area (Å²) in [5.41, 5.74) is 0. The normalized spacial score (nSPS) is 11.5. The van der Waals surface area contributed by atoms with Gasteiger partial charge >= 0.3 is 0 Å². The quantitative estimate of drug-likeness (QED) is 0.188. The Morgan fingerprint density at radius 1 is 0.652 bits per heavy atom. The van der Waals surface area contributed by atoms with E-state index >= 15 is 0 Å². The highest BCUT2D eigenvalue weighted by Crippen LogP contribution is 2.09. The van der Waals surface area contributed by atoms with E-state index in [1.165, 1.54) is 12.8 Å². The first-order valence-corrected chi connectivity index (χ1v) is 9.39. The summed E-state index contributed by atoms with van der Waals surface area (Å²) in [5.74, 6) is 0. The van der Waals surface area contributed by atoms with Gasteiger partial charge in [0.25, 0.3) is 0 Å². The maximum Gasteiger partial charge on any atom is 0.157 e. The molecule has 0 amide bonds. The van der Waals surface area contributed by atoms with Crippen LogP contribution in [-0.4, -0.2) is 78.7 Å². The van der Waals surface area contributed by atoms with E-state index < -0.39 is 0 Å². The van der Waals surface area contributed by atoms with Crippen molar-refractivity contribution in [3.63, 3.8) is 0 Å². The van der Waals surface area contributed by atoms with Crippen molar-refractivity contribution in [3.05, 3.63) is 0 Å². The third-order valence-corrected chi connectivity index (χ3v) is 3.56. The van der Waals surface area contributed by atoms with Crippen molar-refractivity contribution in [1.29, 1.82) is 0 Å². The Labute approximate surface area is 149 Å². The molecule has 0 rings (SSSR count). The van der Waals surface area contributed by atoms with E-state index in [9.17, 15) is 0 Å². The number of alkyl halides is 1. The largest absolute Gasteiger partial charge is 0.382 e.